The lowest BCUT2D eigenvalue weighted by Gasteiger charge is -2.23. The van der Waals surface area contributed by atoms with Gasteiger partial charge < -0.3 is 15.0 Å². The van der Waals surface area contributed by atoms with E-state index < -0.39 is 11.0 Å². The molecule has 0 aromatic carbocycles. The molecule has 10 heteroatoms. The lowest BCUT2D eigenvalue weighted by Crippen LogP contribution is -2.30. The van der Waals surface area contributed by atoms with Gasteiger partial charge in [0.15, 0.2) is 11.6 Å². The van der Waals surface area contributed by atoms with E-state index >= 15 is 0 Å². The van der Waals surface area contributed by atoms with E-state index in [4.69, 9.17) is 16.3 Å². The molecular weight excluding hydrogens is 532 g/mol. The molecule has 1 heterocycles. The standard InChI is InChI=1S/C19H26O3.C11H15ClN4O2/c1-7-8-13-12(4)16(10-15(13)20)22-18(21)17-14(9-11(2)3)19(17,5)6;1-3-15(11(13-2)8-16(17)18)7-9-4-5-10(12)14-6-9/h7,9,14,16-17H,1,8,10H2,2-6H3;4-6,8,13H,3,7H2,1-2H3/b;11-8+. The number of ether oxygens (including phenoxy) is 1. The third-order valence-corrected chi connectivity index (χ3v) is 7.54. The van der Waals surface area contributed by atoms with Crippen LogP contribution < -0.4 is 5.32 Å². The minimum atomic E-state index is -0.478. The van der Waals surface area contributed by atoms with Gasteiger partial charge in [-0.15, -0.1) is 6.58 Å². The van der Waals surface area contributed by atoms with Gasteiger partial charge in [0.2, 0.25) is 0 Å². The van der Waals surface area contributed by atoms with Crippen LogP contribution in [0.5, 0.6) is 0 Å². The number of carbonyl (C=O) groups is 2. The van der Waals surface area contributed by atoms with E-state index in [9.17, 15) is 19.7 Å². The Kier molecular flexibility index (Phi) is 11.7. The molecular formula is C30H41ClN4O5. The number of rotatable bonds is 11. The quantitative estimate of drug-likeness (QED) is 0.115. The number of nitro groups is 1. The van der Waals surface area contributed by atoms with Gasteiger partial charge in [0.05, 0.1) is 17.3 Å². The van der Waals surface area contributed by atoms with E-state index in [1.165, 1.54) is 5.57 Å². The second-order valence-corrected chi connectivity index (χ2v) is 11.2. The van der Waals surface area contributed by atoms with Crippen molar-refractivity contribution in [2.24, 2.45) is 17.3 Å². The highest BCUT2D eigenvalue weighted by Gasteiger charge is 2.61. The van der Waals surface area contributed by atoms with Crippen molar-refractivity contribution in [1.82, 2.24) is 15.2 Å². The number of esters is 1. The number of hydrogen-bond donors (Lipinski definition) is 1. The molecule has 40 heavy (non-hydrogen) atoms. The van der Waals surface area contributed by atoms with Gasteiger partial charge in [0.1, 0.15) is 11.3 Å². The fraction of sp³-hybridized carbons (Fsp3) is 0.500. The van der Waals surface area contributed by atoms with Crippen LogP contribution in [-0.4, -0.2) is 46.3 Å². The van der Waals surface area contributed by atoms with Gasteiger partial charge in [0.25, 0.3) is 6.20 Å². The van der Waals surface area contributed by atoms with Gasteiger partial charge in [-0.05, 0) is 62.7 Å². The summed E-state index contributed by atoms with van der Waals surface area (Å²) in [6, 6.07) is 3.54. The zero-order valence-electron chi connectivity index (χ0n) is 24.5. The van der Waals surface area contributed by atoms with E-state index in [0.717, 1.165) is 22.9 Å². The van der Waals surface area contributed by atoms with E-state index in [0.29, 0.717) is 30.5 Å². The van der Waals surface area contributed by atoms with Crippen LogP contribution in [0.15, 0.2) is 65.8 Å². The molecule has 1 fully saturated rings. The molecule has 218 valence electrons. The molecule has 0 amide bonds. The SMILES string of the molecule is C=CCC1=C(C)C(OC(=O)C2C(C=C(C)C)C2(C)C)CC1=O.CCN(Cc1ccc(Cl)nc1)/C(=C/[N+](=O)[O-])NC. The Balaban J connectivity index is 0.000000286. The summed E-state index contributed by atoms with van der Waals surface area (Å²) in [6.07, 6.45) is 6.92. The molecule has 1 saturated carbocycles. The highest BCUT2D eigenvalue weighted by molar-refractivity contribution is 6.29. The maximum absolute atomic E-state index is 12.5. The molecule has 3 atom stereocenters. The first kappa shape index (κ1) is 32.8. The summed E-state index contributed by atoms with van der Waals surface area (Å²) in [4.78, 5) is 40.3. The molecule has 9 nitrogen and oxygen atoms in total. The van der Waals surface area contributed by atoms with Crippen molar-refractivity contribution < 1.29 is 19.2 Å². The van der Waals surface area contributed by atoms with Crippen LogP contribution >= 0.6 is 11.6 Å². The van der Waals surface area contributed by atoms with Crippen LogP contribution in [0.3, 0.4) is 0 Å². The topological polar surface area (TPSA) is 115 Å². The monoisotopic (exact) mass is 572 g/mol. The summed E-state index contributed by atoms with van der Waals surface area (Å²) in [5.74, 6) is 0.487. The molecule has 3 rings (SSSR count). The summed E-state index contributed by atoms with van der Waals surface area (Å²) in [6.45, 7) is 16.9. The summed E-state index contributed by atoms with van der Waals surface area (Å²) in [5.41, 5.74) is 3.73. The molecule has 2 aliphatic carbocycles. The van der Waals surface area contributed by atoms with Crippen LogP contribution in [0.1, 0.15) is 59.9 Å². The lowest BCUT2D eigenvalue weighted by atomic mass is 10.1. The molecule has 0 aliphatic heterocycles. The number of aromatic nitrogens is 1. The predicted molar refractivity (Wildman–Crippen MR) is 157 cm³/mol. The molecule has 1 aromatic rings. The smallest absolute Gasteiger partial charge is 0.310 e. The summed E-state index contributed by atoms with van der Waals surface area (Å²) < 4.78 is 5.66. The second kappa shape index (κ2) is 14.3. The van der Waals surface area contributed by atoms with Gasteiger partial charge in [-0.25, -0.2) is 4.98 Å². The molecule has 0 bridgehead atoms. The Hall–Kier alpha value is -3.46. The Morgan fingerprint density at radius 3 is 2.55 bits per heavy atom. The zero-order valence-corrected chi connectivity index (χ0v) is 25.2. The van der Waals surface area contributed by atoms with Crippen molar-refractivity contribution in [2.75, 3.05) is 13.6 Å². The van der Waals surface area contributed by atoms with E-state index in [1.807, 2.05) is 38.7 Å². The van der Waals surface area contributed by atoms with Crippen molar-refractivity contribution in [3.05, 3.63) is 86.6 Å². The van der Waals surface area contributed by atoms with Gasteiger partial charge in [0, 0.05) is 31.9 Å². The van der Waals surface area contributed by atoms with Crippen molar-refractivity contribution in [3.63, 3.8) is 0 Å². The van der Waals surface area contributed by atoms with Crippen molar-refractivity contribution >= 4 is 23.4 Å². The number of pyridine rings is 1. The number of halogens is 1. The summed E-state index contributed by atoms with van der Waals surface area (Å²) in [7, 11) is 1.65. The fourth-order valence-corrected chi connectivity index (χ4v) is 5.02. The number of Topliss-reactive ketones (excluding diaryl/α,β-unsaturated/α-hetero) is 1. The normalized spacial score (nSPS) is 21.1. The van der Waals surface area contributed by atoms with E-state index in [1.54, 1.807) is 25.4 Å². The predicted octanol–water partition coefficient (Wildman–Crippen LogP) is 5.85. The van der Waals surface area contributed by atoms with E-state index in [-0.39, 0.29) is 35.4 Å². The minimum Gasteiger partial charge on any atom is -0.457 e. The van der Waals surface area contributed by atoms with Crippen LogP contribution in [0.2, 0.25) is 5.15 Å². The first-order chi connectivity index (χ1) is 18.8. The third kappa shape index (κ3) is 8.52. The molecule has 2 aliphatic rings. The Morgan fingerprint density at radius 2 is 2.05 bits per heavy atom. The summed E-state index contributed by atoms with van der Waals surface area (Å²) >= 11 is 5.70. The summed E-state index contributed by atoms with van der Waals surface area (Å²) in [5, 5.41) is 13.8. The van der Waals surface area contributed by atoms with Crippen LogP contribution in [-0.2, 0) is 20.9 Å². The maximum atomic E-state index is 12.5. The Labute approximate surface area is 242 Å². The van der Waals surface area contributed by atoms with Crippen molar-refractivity contribution in [2.45, 2.75) is 67.0 Å². The van der Waals surface area contributed by atoms with Gasteiger partial charge in [-0.3, -0.25) is 19.7 Å². The fourth-order valence-electron chi connectivity index (χ4n) is 4.91. The molecule has 0 saturated heterocycles. The first-order valence-corrected chi connectivity index (χ1v) is 13.7. The number of carbonyl (C=O) groups excluding carboxylic acids is 2. The number of ketones is 1. The number of hydrogen-bond acceptors (Lipinski definition) is 8. The van der Waals surface area contributed by atoms with Crippen LogP contribution in [0.25, 0.3) is 0 Å². The molecule has 3 unspecified atom stereocenters. The minimum absolute atomic E-state index is 0.0570. The highest BCUT2D eigenvalue weighted by Crippen LogP contribution is 2.60. The Bertz CT molecular complexity index is 1200. The van der Waals surface area contributed by atoms with Crippen molar-refractivity contribution in [3.8, 4) is 0 Å². The van der Waals surface area contributed by atoms with Gasteiger partial charge in [-0.1, -0.05) is 49.2 Å². The highest BCUT2D eigenvalue weighted by atomic mass is 35.5. The number of nitrogens with one attached hydrogen (secondary N) is 1. The number of allylic oxidation sites excluding steroid dienone is 4. The average molecular weight is 573 g/mol. The second-order valence-electron chi connectivity index (χ2n) is 10.8. The maximum Gasteiger partial charge on any atom is 0.310 e. The molecule has 1 aromatic heterocycles. The van der Waals surface area contributed by atoms with E-state index in [2.05, 4.69) is 36.8 Å². The third-order valence-electron chi connectivity index (χ3n) is 7.32. The lowest BCUT2D eigenvalue weighted by molar-refractivity contribution is -0.404. The number of nitrogens with zero attached hydrogens (tertiary/aromatic N) is 3. The van der Waals surface area contributed by atoms with Crippen LogP contribution in [0, 0.1) is 27.4 Å². The molecule has 1 N–H and O–H groups in total. The average Bonchev–Trinajstić information content (AvgIpc) is 3.32. The largest absolute Gasteiger partial charge is 0.457 e. The molecule has 0 spiro atoms. The first-order valence-electron chi connectivity index (χ1n) is 13.3. The zero-order chi connectivity index (χ0) is 30.2. The Morgan fingerprint density at radius 1 is 1.38 bits per heavy atom. The van der Waals surface area contributed by atoms with Crippen molar-refractivity contribution in [1.29, 1.82) is 0 Å². The molecule has 0 radical (unpaired) electrons. The van der Waals surface area contributed by atoms with Gasteiger partial charge >= 0.3 is 5.97 Å². The van der Waals surface area contributed by atoms with Gasteiger partial charge in [-0.2, -0.15) is 0 Å². The van der Waals surface area contributed by atoms with Crippen LogP contribution in [0.4, 0.5) is 0 Å².